The zero-order chi connectivity index (χ0) is 52.7. The molecule has 0 radical (unpaired) electrons. The second-order valence-corrected chi connectivity index (χ2v) is 19.9. The van der Waals surface area contributed by atoms with Gasteiger partial charge in [0.2, 0.25) is 0 Å². The van der Waals surface area contributed by atoms with Gasteiger partial charge in [0.1, 0.15) is 13.2 Å². The average Bonchev–Trinajstić information content (AvgIpc) is 3.35. The molecule has 0 saturated carbocycles. The fourth-order valence-corrected chi connectivity index (χ4v) is 7.38. The summed E-state index contributed by atoms with van der Waals surface area (Å²) in [5, 5.41) is 9.68. The highest BCUT2D eigenvalue weighted by Crippen LogP contribution is 2.14. The fraction of sp³-hybridized carbons (Fsp3) is 0.667. The second kappa shape index (κ2) is 53.2. The number of ether oxygens (including phenoxy) is 4. The molecule has 0 saturated heterocycles. The van der Waals surface area contributed by atoms with Gasteiger partial charge in [-0.2, -0.15) is 0 Å². The summed E-state index contributed by atoms with van der Waals surface area (Å²) in [7, 11) is 5.95. The van der Waals surface area contributed by atoms with E-state index in [0.29, 0.717) is 17.4 Å². The van der Waals surface area contributed by atoms with Crippen LogP contribution in [-0.2, 0) is 33.3 Å². The number of esters is 2. The summed E-state index contributed by atoms with van der Waals surface area (Å²) in [5.41, 5.74) is 0. The minimum absolute atomic E-state index is 0.181. The molecule has 0 spiro atoms. The lowest BCUT2D eigenvalue weighted by Crippen LogP contribution is -2.40. The second-order valence-electron chi connectivity index (χ2n) is 19.9. The van der Waals surface area contributed by atoms with Crippen LogP contribution in [0.4, 0.5) is 0 Å². The smallest absolute Gasteiger partial charge is 0.361 e. The van der Waals surface area contributed by atoms with E-state index in [0.717, 1.165) is 116 Å². The molecule has 9 nitrogen and oxygen atoms in total. The van der Waals surface area contributed by atoms with E-state index < -0.39 is 24.3 Å². The first-order valence-corrected chi connectivity index (χ1v) is 28.6. The number of allylic oxidation sites excluding steroid dienone is 18. The molecule has 410 valence electrons. The number of hydrogen-bond donors (Lipinski definition) is 1. The molecule has 9 heteroatoms. The number of quaternary nitrogens is 1. The highest BCUT2D eigenvalue weighted by Gasteiger charge is 2.25. The minimum atomic E-state index is -1.52. The molecule has 0 rings (SSSR count). The number of carbonyl (C=O) groups excluding carboxylic acids is 2. The van der Waals surface area contributed by atoms with Crippen molar-refractivity contribution in [3.8, 4) is 0 Å². The van der Waals surface area contributed by atoms with E-state index >= 15 is 0 Å². The molecule has 2 unspecified atom stereocenters. The standard InChI is InChI=1S/C63H105NO8/c1-6-8-10-12-14-16-18-20-21-22-23-24-25-26-27-28-29-30-31-32-33-34-35-36-37-38-39-40-41-42-44-46-48-50-52-54-61(66)72-59(58-71-63(62(67)68)69-56-55-64(3,4)5)57-70-60(65)53-51-49-47-45-43-19-17-15-13-11-9-7-2/h8,10,14-17,20-21,23-24,26-27,29-30,32-33,35-36,59,63H,6-7,9,11-13,18-19,22,25,28,31,34,37-58H2,1-5H3/p+1/b10-8-,16-14-,17-15-,21-20-,24-23-,27-26-,30-29-,33-32-,36-35-. The lowest BCUT2D eigenvalue weighted by atomic mass is 10.0. The van der Waals surface area contributed by atoms with Crippen molar-refractivity contribution in [1.29, 1.82) is 0 Å². The topological polar surface area (TPSA) is 108 Å². The van der Waals surface area contributed by atoms with Crippen molar-refractivity contribution in [2.24, 2.45) is 0 Å². The maximum Gasteiger partial charge on any atom is 0.361 e. The van der Waals surface area contributed by atoms with E-state index in [1.165, 1.54) is 64.2 Å². The highest BCUT2D eigenvalue weighted by atomic mass is 16.7. The largest absolute Gasteiger partial charge is 0.477 e. The Labute approximate surface area is 441 Å². The lowest BCUT2D eigenvalue weighted by Gasteiger charge is -2.25. The van der Waals surface area contributed by atoms with Crippen LogP contribution in [0.15, 0.2) is 109 Å². The van der Waals surface area contributed by atoms with Gasteiger partial charge in [-0.15, -0.1) is 0 Å². The summed E-state index contributed by atoms with van der Waals surface area (Å²) in [4.78, 5) is 37.3. The van der Waals surface area contributed by atoms with Gasteiger partial charge < -0.3 is 28.5 Å². The molecule has 0 aliphatic carbocycles. The third-order valence-electron chi connectivity index (χ3n) is 11.8. The van der Waals surface area contributed by atoms with E-state index in [1.54, 1.807) is 0 Å². The molecule has 1 N–H and O–H groups in total. The molecule has 0 aromatic rings. The fourth-order valence-electron chi connectivity index (χ4n) is 7.38. The molecule has 0 aromatic carbocycles. The summed E-state index contributed by atoms with van der Waals surface area (Å²) in [5.74, 6) is -2.03. The van der Waals surface area contributed by atoms with Gasteiger partial charge in [0.25, 0.3) is 6.29 Å². The quantitative estimate of drug-likeness (QED) is 0.0211. The van der Waals surface area contributed by atoms with Crippen LogP contribution >= 0.6 is 0 Å². The number of unbranched alkanes of at least 4 members (excludes halogenated alkanes) is 18. The van der Waals surface area contributed by atoms with Crippen LogP contribution in [0, 0.1) is 0 Å². The van der Waals surface area contributed by atoms with Gasteiger partial charge in [-0.25, -0.2) is 4.79 Å². The first-order valence-electron chi connectivity index (χ1n) is 28.6. The SMILES string of the molecule is CC/C=C\C/C=C\C/C=C\C/C=C\C/C=C\C/C=C\C/C=C\C/C=C\CCCCCCCCCCCCC(=O)OC(COC(=O)CCCCCCC/C=C\CCCCC)COC(OCC[N+](C)(C)C)C(=O)O. The molecule has 2 atom stereocenters. The normalized spacial score (nSPS) is 13.6. The summed E-state index contributed by atoms with van der Waals surface area (Å²) >= 11 is 0. The Bertz CT molecular complexity index is 1540. The van der Waals surface area contributed by atoms with Crippen LogP contribution in [0.3, 0.4) is 0 Å². The average molecular weight is 1010 g/mol. The monoisotopic (exact) mass is 1000 g/mol. The molecule has 0 aromatic heterocycles. The molecule has 0 amide bonds. The maximum absolute atomic E-state index is 12.8. The maximum atomic E-state index is 12.8. The molecule has 0 aliphatic heterocycles. The Balaban J connectivity index is 4.18. The van der Waals surface area contributed by atoms with Crippen molar-refractivity contribution in [2.45, 2.75) is 225 Å². The van der Waals surface area contributed by atoms with Crippen LogP contribution in [0.2, 0.25) is 0 Å². The Morgan fingerprint density at radius 1 is 0.431 bits per heavy atom. The van der Waals surface area contributed by atoms with Crippen LogP contribution in [0.25, 0.3) is 0 Å². The Hall–Kier alpha value is -4.05. The molecular weight excluding hydrogens is 899 g/mol. The summed E-state index contributed by atoms with van der Waals surface area (Å²) < 4.78 is 22.8. The van der Waals surface area contributed by atoms with E-state index in [4.69, 9.17) is 18.9 Å². The Kier molecular flexibility index (Phi) is 50.3. The lowest BCUT2D eigenvalue weighted by molar-refractivity contribution is -0.870. The van der Waals surface area contributed by atoms with Gasteiger partial charge in [0, 0.05) is 12.8 Å². The first-order chi connectivity index (χ1) is 35.1. The molecule has 72 heavy (non-hydrogen) atoms. The van der Waals surface area contributed by atoms with Crippen molar-refractivity contribution < 1.29 is 42.9 Å². The Morgan fingerprint density at radius 2 is 0.792 bits per heavy atom. The molecule has 0 heterocycles. The van der Waals surface area contributed by atoms with Crippen LogP contribution in [0.5, 0.6) is 0 Å². The Morgan fingerprint density at radius 3 is 1.19 bits per heavy atom. The molecule has 0 bridgehead atoms. The number of carboxylic acids is 1. The number of likely N-dealkylation sites (N-methyl/N-ethyl adjacent to an activating group) is 1. The van der Waals surface area contributed by atoms with Gasteiger partial charge in [-0.1, -0.05) is 207 Å². The van der Waals surface area contributed by atoms with Crippen molar-refractivity contribution in [3.05, 3.63) is 109 Å². The van der Waals surface area contributed by atoms with E-state index in [-0.39, 0.29) is 38.6 Å². The summed E-state index contributed by atoms with van der Waals surface area (Å²) in [6.45, 7) is 4.70. The van der Waals surface area contributed by atoms with Crippen molar-refractivity contribution in [2.75, 3.05) is 47.5 Å². The molecule has 0 aliphatic rings. The molecular formula is C63H106NO8+. The number of carbonyl (C=O) groups is 3. The van der Waals surface area contributed by atoms with Crippen molar-refractivity contribution in [3.63, 3.8) is 0 Å². The summed E-state index contributed by atoms with van der Waals surface area (Å²) in [6.07, 6.45) is 70.3. The van der Waals surface area contributed by atoms with E-state index in [1.807, 2.05) is 21.1 Å². The van der Waals surface area contributed by atoms with E-state index in [9.17, 15) is 19.5 Å². The van der Waals surface area contributed by atoms with Gasteiger partial charge in [-0.05, 0) is 103 Å². The number of aliphatic carboxylic acids is 1. The first kappa shape index (κ1) is 68.0. The number of rotatable bonds is 51. The number of nitrogens with zero attached hydrogens (tertiary/aromatic N) is 1. The number of carboxylic acid groups (broad SMARTS) is 1. The van der Waals surface area contributed by atoms with Crippen LogP contribution in [0.1, 0.15) is 213 Å². The predicted octanol–water partition coefficient (Wildman–Crippen LogP) is 16.7. The van der Waals surface area contributed by atoms with E-state index in [2.05, 4.69) is 123 Å². The van der Waals surface area contributed by atoms with Gasteiger partial charge >= 0.3 is 17.9 Å². The zero-order valence-corrected chi connectivity index (χ0v) is 46.5. The van der Waals surface area contributed by atoms with Crippen molar-refractivity contribution in [1.82, 2.24) is 0 Å². The van der Waals surface area contributed by atoms with Crippen LogP contribution < -0.4 is 0 Å². The third-order valence-corrected chi connectivity index (χ3v) is 11.8. The summed E-state index contributed by atoms with van der Waals surface area (Å²) in [6, 6.07) is 0. The van der Waals surface area contributed by atoms with Gasteiger partial charge in [0.15, 0.2) is 6.10 Å². The molecule has 0 fully saturated rings. The van der Waals surface area contributed by atoms with Crippen molar-refractivity contribution >= 4 is 17.9 Å². The van der Waals surface area contributed by atoms with Gasteiger partial charge in [0.05, 0.1) is 34.4 Å². The zero-order valence-electron chi connectivity index (χ0n) is 46.5. The number of hydrogen-bond acceptors (Lipinski definition) is 7. The van der Waals surface area contributed by atoms with Crippen LogP contribution in [-0.4, -0.2) is 87.4 Å². The van der Waals surface area contributed by atoms with Gasteiger partial charge in [-0.3, -0.25) is 9.59 Å². The highest BCUT2D eigenvalue weighted by molar-refractivity contribution is 5.71. The minimum Gasteiger partial charge on any atom is -0.477 e. The predicted molar refractivity (Wildman–Crippen MR) is 304 cm³/mol. The third kappa shape index (κ3) is 53.7.